The van der Waals surface area contributed by atoms with Gasteiger partial charge in [0, 0.05) is 31.9 Å². The Morgan fingerprint density at radius 3 is 2.45 bits per heavy atom. The number of para-hydroxylation sites is 2. The number of thioether (sulfide) groups is 1. The largest absolute Gasteiger partial charge is 0.485 e. The molecule has 2 aliphatic rings. The molecule has 0 spiro atoms. The normalized spacial score (nSPS) is 17.5. The first-order valence-electron chi connectivity index (χ1n) is 10.8. The Hall–Kier alpha value is -3.25. The zero-order valence-corrected chi connectivity index (χ0v) is 19.8. The molecule has 1 saturated heterocycles. The van der Waals surface area contributed by atoms with Crippen molar-refractivity contribution in [3.63, 3.8) is 0 Å². The number of aromatic nitrogens is 1. The fourth-order valence-electron chi connectivity index (χ4n) is 3.89. The second kappa shape index (κ2) is 9.71. The molecule has 2 amide bonds. The lowest BCUT2D eigenvalue weighted by molar-refractivity contribution is -0.145. The molecule has 3 heterocycles. The van der Waals surface area contributed by atoms with E-state index in [1.54, 1.807) is 15.9 Å². The number of ether oxygens (including phenoxy) is 2. The quantitative estimate of drug-likeness (QED) is 0.639. The molecule has 0 aliphatic carbocycles. The summed E-state index contributed by atoms with van der Waals surface area (Å²) in [6, 6.07) is 9.51. The van der Waals surface area contributed by atoms with E-state index in [0.29, 0.717) is 48.3 Å². The van der Waals surface area contributed by atoms with E-state index in [9.17, 15) is 14.9 Å². The van der Waals surface area contributed by atoms with Crippen molar-refractivity contribution in [3.8, 4) is 17.6 Å². The molecule has 0 N–H and O–H groups in total. The number of rotatable bonds is 4. The summed E-state index contributed by atoms with van der Waals surface area (Å²) in [6.45, 7) is 7.74. The van der Waals surface area contributed by atoms with Crippen LogP contribution in [0.2, 0.25) is 0 Å². The molecule has 0 radical (unpaired) electrons. The van der Waals surface area contributed by atoms with Gasteiger partial charge in [0.25, 0.3) is 5.91 Å². The second-order valence-corrected chi connectivity index (χ2v) is 9.06. The van der Waals surface area contributed by atoms with Gasteiger partial charge in [-0.25, -0.2) is 4.98 Å². The third-order valence-electron chi connectivity index (χ3n) is 6.14. The van der Waals surface area contributed by atoms with E-state index in [1.807, 2.05) is 39.0 Å². The molecule has 1 aromatic carbocycles. The predicted molar refractivity (Wildman–Crippen MR) is 123 cm³/mol. The molecule has 0 saturated carbocycles. The van der Waals surface area contributed by atoms with E-state index in [-0.39, 0.29) is 24.2 Å². The van der Waals surface area contributed by atoms with Crippen LogP contribution in [0.4, 0.5) is 0 Å². The molecule has 8 nitrogen and oxygen atoms in total. The number of carbonyl (C=O) groups excluding carboxylic acids is 2. The Balaban J connectivity index is 1.30. The second-order valence-electron chi connectivity index (χ2n) is 8.10. The Morgan fingerprint density at radius 2 is 1.76 bits per heavy atom. The Labute approximate surface area is 197 Å². The number of carbonyl (C=O) groups is 2. The van der Waals surface area contributed by atoms with Crippen LogP contribution in [0.1, 0.15) is 22.4 Å². The van der Waals surface area contributed by atoms with Crippen LogP contribution < -0.4 is 9.47 Å². The molecule has 1 atom stereocenters. The average molecular weight is 467 g/mol. The number of amides is 2. The minimum absolute atomic E-state index is 0.0279. The van der Waals surface area contributed by atoms with Crippen LogP contribution in [0.25, 0.3) is 0 Å². The zero-order valence-electron chi connectivity index (χ0n) is 19.0. The van der Waals surface area contributed by atoms with E-state index < -0.39 is 6.10 Å². The summed E-state index contributed by atoms with van der Waals surface area (Å²) in [6.07, 6.45) is -0.679. The molecule has 172 valence electrons. The van der Waals surface area contributed by atoms with Crippen molar-refractivity contribution in [2.75, 3.05) is 38.5 Å². The molecule has 1 aromatic heterocycles. The van der Waals surface area contributed by atoms with Gasteiger partial charge in [-0.15, -0.1) is 0 Å². The topological polar surface area (TPSA) is 95.8 Å². The molecule has 4 rings (SSSR count). The Kier molecular flexibility index (Phi) is 6.75. The van der Waals surface area contributed by atoms with E-state index in [2.05, 4.69) is 11.1 Å². The summed E-state index contributed by atoms with van der Waals surface area (Å²) >= 11 is 1.29. The maximum Gasteiger partial charge on any atom is 0.267 e. The Bertz CT molecular complexity index is 1120. The number of benzene rings is 1. The fourth-order valence-corrected chi connectivity index (χ4v) is 4.88. The van der Waals surface area contributed by atoms with Crippen molar-refractivity contribution in [1.82, 2.24) is 14.8 Å². The number of nitrogens with zero attached hydrogens (tertiary/aromatic N) is 4. The molecule has 1 fully saturated rings. The minimum atomic E-state index is -0.679. The highest BCUT2D eigenvalue weighted by atomic mass is 32.2. The van der Waals surface area contributed by atoms with Gasteiger partial charge in [0.2, 0.25) is 12.0 Å². The van der Waals surface area contributed by atoms with Gasteiger partial charge in [-0.3, -0.25) is 9.59 Å². The molecular weight excluding hydrogens is 440 g/mol. The summed E-state index contributed by atoms with van der Waals surface area (Å²) in [5, 5.41) is 10.1. The number of nitriles is 1. The standard InChI is InChI=1S/C24H26N4O4S/c1-15-16(2)18(12-25)23(26-17(15)3)33-14-22(29)27-8-10-28(11-9-27)24(30)21-13-31-19-6-4-5-7-20(19)32-21/h4-7,21H,8-11,13-14H2,1-3H3. The molecular formula is C24H26N4O4S. The summed E-state index contributed by atoms with van der Waals surface area (Å²) in [5.41, 5.74) is 3.30. The lowest BCUT2D eigenvalue weighted by Crippen LogP contribution is -2.55. The number of pyridine rings is 1. The average Bonchev–Trinajstić information content (AvgIpc) is 2.85. The number of piperazine rings is 1. The lowest BCUT2D eigenvalue weighted by atomic mass is 10.1. The number of aryl methyl sites for hydroxylation is 1. The maximum atomic E-state index is 12.9. The highest BCUT2D eigenvalue weighted by Crippen LogP contribution is 2.31. The van der Waals surface area contributed by atoms with Crippen molar-refractivity contribution in [3.05, 3.63) is 46.6 Å². The van der Waals surface area contributed by atoms with Gasteiger partial charge in [0.05, 0.1) is 11.3 Å². The monoisotopic (exact) mass is 466 g/mol. The van der Waals surface area contributed by atoms with Crippen molar-refractivity contribution < 1.29 is 19.1 Å². The van der Waals surface area contributed by atoms with Crippen molar-refractivity contribution in [2.24, 2.45) is 0 Å². The number of hydrogen-bond donors (Lipinski definition) is 0. The van der Waals surface area contributed by atoms with Crippen LogP contribution in [0.3, 0.4) is 0 Å². The first-order valence-corrected chi connectivity index (χ1v) is 11.8. The van der Waals surface area contributed by atoms with Crippen molar-refractivity contribution in [1.29, 1.82) is 5.26 Å². The highest BCUT2D eigenvalue weighted by Gasteiger charge is 2.33. The van der Waals surface area contributed by atoms with E-state index in [0.717, 1.165) is 16.8 Å². The van der Waals surface area contributed by atoms with Crippen LogP contribution in [-0.4, -0.2) is 71.2 Å². The van der Waals surface area contributed by atoms with Crippen molar-refractivity contribution in [2.45, 2.75) is 31.9 Å². The van der Waals surface area contributed by atoms with Gasteiger partial charge in [-0.2, -0.15) is 5.26 Å². The third-order valence-corrected chi connectivity index (χ3v) is 7.10. The SMILES string of the molecule is Cc1nc(SCC(=O)N2CCN(C(=O)C3COc4ccccc4O3)CC2)c(C#N)c(C)c1C. The Morgan fingerprint density at radius 1 is 1.09 bits per heavy atom. The summed E-state index contributed by atoms with van der Waals surface area (Å²) in [4.78, 5) is 33.6. The van der Waals surface area contributed by atoms with Gasteiger partial charge >= 0.3 is 0 Å². The molecule has 2 aliphatic heterocycles. The molecule has 0 bridgehead atoms. The van der Waals surface area contributed by atoms with Gasteiger partial charge in [0.1, 0.15) is 17.7 Å². The highest BCUT2D eigenvalue weighted by molar-refractivity contribution is 8.00. The molecule has 33 heavy (non-hydrogen) atoms. The fraction of sp³-hybridized carbons (Fsp3) is 0.417. The van der Waals surface area contributed by atoms with Crippen LogP contribution in [0, 0.1) is 32.1 Å². The molecule has 2 aromatic rings. The smallest absolute Gasteiger partial charge is 0.267 e. The molecule has 9 heteroatoms. The van der Waals surface area contributed by atoms with Gasteiger partial charge < -0.3 is 19.3 Å². The lowest BCUT2D eigenvalue weighted by Gasteiger charge is -2.37. The third kappa shape index (κ3) is 4.76. The van der Waals surface area contributed by atoms with Crippen LogP contribution >= 0.6 is 11.8 Å². The summed E-state index contributed by atoms with van der Waals surface area (Å²) in [7, 11) is 0. The minimum Gasteiger partial charge on any atom is -0.485 e. The summed E-state index contributed by atoms with van der Waals surface area (Å²) < 4.78 is 11.5. The van der Waals surface area contributed by atoms with Gasteiger partial charge in [-0.05, 0) is 44.0 Å². The van der Waals surface area contributed by atoms with Gasteiger partial charge in [0.15, 0.2) is 11.5 Å². The predicted octanol–water partition coefficient (Wildman–Crippen LogP) is 2.48. The number of fused-ring (bicyclic) bond motifs is 1. The van der Waals surface area contributed by atoms with Crippen LogP contribution in [-0.2, 0) is 9.59 Å². The zero-order chi connectivity index (χ0) is 23.5. The van der Waals surface area contributed by atoms with E-state index >= 15 is 0 Å². The van der Waals surface area contributed by atoms with E-state index in [1.165, 1.54) is 11.8 Å². The summed E-state index contributed by atoms with van der Waals surface area (Å²) in [5.74, 6) is 1.26. The van der Waals surface area contributed by atoms with Crippen LogP contribution in [0.15, 0.2) is 29.3 Å². The first-order chi connectivity index (χ1) is 15.9. The first kappa shape index (κ1) is 22.9. The number of hydrogen-bond acceptors (Lipinski definition) is 7. The van der Waals surface area contributed by atoms with Crippen molar-refractivity contribution >= 4 is 23.6 Å². The maximum absolute atomic E-state index is 12.9. The van der Waals surface area contributed by atoms with Crippen LogP contribution in [0.5, 0.6) is 11.5 Å². The van der Waals surface area contributed by atoms with E-state index in [4.69, 9.17) is 9.47 Å². The van der Waals surface area contributed by atoms with Gasteiger partial charge in [-0.1, -0.05) is 23.9 Å². The molecule has 1 unspecified atom stereocenters.